The zero-order valence-electron chi connectivity index (χ0n) is 26.7. The molecular weight excluding hydrogens is 484 g/mol. The van der Waals surface area contributed by atoms with Crippen LogP contribution in [0.4, 0.5) is 0 Å². The molecule has 1 aromatic rings. The molecule has 1 rings (SSSR count). The zero-order valence-corrected chi connectivity index (χ0v) is 27.5. The minimum Gasteiger partial charge on any atom is -0.497 e. The summed E-state index contributed by atoms with van der Waals surface area (Å²) in [6, 6.07) is 7.68. The molecule has 0 aliphatic rings. The van der Waals surface area contributed by atoms with Gasteiger partial charge in [0, 0.05) is 0 Å². The van der Waals surface area contributed by atoms with Crippen LogP contribution in [0.15, 0.2) is 40.7 Å². The number of benzene rings is 1. The third-order valence-corrected chi connectivity index (χ3v) is 8.59. The van der Waals surface area contributed by atoms with E-state index in [1.54, 1.807) is 7.11 Å². The Hall–Kier alpha value is -1.48. The molecule has 220 valence electrons. The Morgan fingerprint density at radius 3 is 1.71 bits per heavy atom. The summed E-state index contributed by atoms with van der Waals surface area (Å²) >= 11 is 1.44. The fourth-order valence-corrected chi connectivity index (χ4v) is 4.92. The van der Waals surface area contributed by atoms with Gasteiger partial charge in [-0.1, -0.05) is 156 Å². The van der Waals surface area contributed by atoms with E-state index in [0.717, 1.165) is 46.3 Å². The van der Waals surface area contributed by atoms with E-state index < -0.39 is 0 Å². The second-order valence-electron chi connectivity index (χ2n) is 10.2. The molecule has 0 bridgehead atoms. The first kappa shape index (κ1) is 38.7. The predicted octanol–water partition coefficient (Wildman–Crippen LogP) is 12.3. The van der Waals surface area contributed by atoms with Gasteiger partial charge in [0.2, 0.25) is 0 Å². The van der Waals surface area contributed by atoms with Gasteiger partial charge in [-0.25, -0.2) is 0 Å². The van der Waals surface area contributed by atoms with E-state index in [0.29, 0.717) is 4.91 Å². The van der Waals surface area contributed by atoms with Crippen LogP contribution in [0.1, 0.15) is 144 Å². The highest BCUT2D eigenvalue weighted by molar-refractivity contribution is 8.07. The highest BCUT2D eigenvalue weighted by atomic mass is 32.2. The quantitative estimate of drug-likeness (QED) is 0.104. The van der Waals surface area contributed by atoms with Gasteiger partial charge < -0.3 is 4.74 Å². The number of thioether (sulfide) groups is 1. The van der Waals surface area contributed by atoms with Gasteiger partial charge >= 0.3 is 0 Å². The Morgan fingerprint density at radius 2 is 1.32 bits per heavy atom. The summed E-state index contributed by atoms with van der Waals surface area (Å²) in [6.45, 7) is 21.6. The molecular formula is C35H62O2S. The van der Waals surface area contributed by atoms with Crippen molar-refractivity contribution in [2.75, 3.05) is 7.11 Å². The molecule has 0 unspecified atom stereocenters. The molecule has 1 aromatic carbocycles. The van der Waals surface area contributed by atoms with E-state index in [1.165, 1.54) is 88.8 Å². The lowest BCUT2D eigenvalue weighted by molar-refractivity contribution is -0.104. The Kier molecular flexibility index (Phi) is 27.6. The third kappa shape index (κ3) is 19.6. The van der Waals surface area contributed by atoms with Crippen molar-refractivity contribution in [1.29, 1.82) is 0 Å². The van der Waals surface area contributed by atoms with E-state index in [9.17, 15) is 4.79 Å². The summed E-state index contributed by atoms with van der Waals surface area (Å²) in [7, 11) is 1.63. The molecule has 0 spiro atoms. The number of hydrogen-bond acceptors (Lipinski definition) is 3. The van der Waals surface area contributed by atoms with Gasteiger partial charge in [0.25, 0.3) is 0 Å². The van der Waals surface area contributed by atoms with Crippen molar-refractivity contribution >= 4 is 23.6 Å². The lowest BCUT2D eigenvalue weighted by Crippen LogP contribution is -1.95. The van der Waals surface area contributed by atoms with E-state index in [2.05, 4.69) is 48.1 Å². The molecule has 3 heteroatoms. The molecule has 0 aliphatic heterocycles. The van der Waals surface area contributed by atoms with Crippen molar-refractivity contribution in [1.82, 2.24) is 0 Å². The molecule has 38 heavy (non-hydrogen) atoms. The Bertz CT molecular complexity index is 712. The smallest absolute Gasteiger partial charge is 0.157 e. The maximum absolute atomic E-state index is 11.1. The van der Waals surface area contributed by atoms with Crippen LogP contribution in [0.25, 0.3) is 5.57 Å². The van der Waals surface area contributed by atoms with Crippen molar-refractivity contribution in [2.24, 2.45) is 11.8 Å². The summed E-state index contributed by atoms with van der Waals surface area (Å²) in [5.41, 5.74) is 1.99. The first-order valence-corrected chi connectivity index (χ1v) is 16.3. The van der Waals surface area contributed by atoms with Crippen LogP contribution in [0, 0.1) is 11.8 Å². The van der Waals surface area contributed by atoms with Crippen LogP contribution >= 0.6 is 11.8 Å². The minimum absolute atomic E-state index is 0.715. The molecule has 0 fully saturated rings. The highest BCUT2D eigenvalue weighted by Gasteiger charge is 2.07. The largest absolute Gasteiger partial charge is 0.497 e. The Balaban J connectivity index is 0. The molecule has 0 aromatic heterocycles. The number of aldehydes is 1. The maximum Gasteiger partial charge on any atom is 0.157 e. The first-order chi connectivity index (χ1) is 18.3. The number of carbonyl (C=O) groups excluding carboxylic acids is 1. The number of carbonyl (C=O) groups is 1. The van der Waals surface area contributed by atoms with E-state index in [1.807, 2.05) is 38.1 Å². The highest BCUT2D eigenvalue weighted by Crippen LogP contribution is 2.31. The average molecular weight is 547 g/mol. The minimum atomic E-state index is 0.715. The number of rotatable bonds is 18. The number of unbranched alkanes of at least 4 members (excludes halogenated alkanes) is 4. The molecule has 0 radical (unpaired) electrons. The lowest BCUT2D eigenvalue weighted by Gasteiger charge is -2.10. The fourth-order valence-electron chi connectivity index (χ4n) is 4.15. The van der Waals surface area contributed by atoms with Crippen LogP contribution in [0.5, 0.6) is 5.75 Å². The maximum atomic E-state index is 11.1. The summed E-state index contributed by atoms with van der Waals surface area (Å²) in [5.74, 6) is 2.82. The van der Waals surface area contributed by atoms with Crippen LogP contribution in [-0.4, -0.2) is 13.4 Å². The second-order valence-corrected chi connectivity index (χ2v) is 11.4. The molecule has 0 saturated heterocycles. The molecule has 0 aliphatic carbocycles. The van der Waals surface area contributed by atoms with Gasteiger partial charge in [-0.3, -0.25) is 4.79 Å². The number of methoxy groups -OCH3 is 1. The standard InChI is InChI=1S/C15H18O2S.C11H24.C9H20/c1-5-11(2)18-15(10-16)12(3)13-6-8-14(17-4)9-7-13;1-4-7-8-9-10-11(5-2)6-3;1-4-7-8-9(5-2)6-3/h6-10H,2,5H2,1,3-4H3;11H,4-10H2,1-3H3;9H,4-8H2,1-3H3/b15-12+;;. The lowest BCUT2D eigenvalue weighted by atomic mass is 9.96. The van der Waals surface area contributed by atoms with Gasteiger partial charge in [0.15, 0.2) is 6.29 Å². The van der Waals surface area contributed by atoms with Crippen LogP contribution in [0.3, 0.4) is 0 Å². The molecule has 2 nitrogen and oxygen atoms in total. The molecule has 0 heterocycles. The monoisotopic (exact) mass is 546 g/mol. The van der Waals surface area contributed by atoms with Crippen molar-refractivity contribution in [2.45, 2.75) is 139 Å². The Labute approximate surface area is 242 Å². The summed E-state index contributed by atoms with van der Waals surface area (Å²) in [4.78, 5) is 12.9. The number of allylic oxidation sites excluding steroid dienone is 3. The number of hydrogen-bond donors (Lipinski definition) is 0. The van der Waals surface area contributed by atoms with Gasteiger partial charge in [-0.05, 0) is 53.4 Å². The van der Waals surface area contributed by atoms with E-state index in [4.69, 9.17) is 4.74 Å². The predicted molar refractivity (Wildman–Crippen MR) is 175 cm³/mol. The summed E-state index contributed by atoms with van der Waals surface area (Å²) in [6.07, 6.45) is 18.6. The van der Waals surface area contributed by atoms with Gasteiger partial charge in [0.05, 0.1) is 12.0 Å². The Morgan fingerprint density at radius 1 is 0.816 bits per heavy atom. The SMILES string of the molecule is C=C(CC)S/C(C=O)=C(\C)c1ccc(OC)cc1.CCCCC(CC)CC.CCCCCCC(CC)CC. The van der Waals surface area contributed by atoms with Gasteiger partial charge in [-0.15, -0.1) is 0 Å². The average Bonchev–Trinajstić information content (AvgIpc) is 2.96. The van der Waals surface area contributed by atoms with Crippen molar-refractivity contribution in [3.63, 3.8) is 0 Å². The summed E-state index contributed by atoms with van der Waals surface area (Å²) < 4.78 is 5.11. The normalized spacial score (nSPS) is 11.2. The topological polar surface area (TPSA) is 26.3 Å². The summed E-state index contributed by atoms with van der Waals surface area (Å²) in [5, 5.41) is 0. The molecule has 0 amide bonds. The zero-order chi connectivity index (χ0) is 29.2. The van der Waals surface area contributed by atoms with Crippen LogP contribution in [-0.2, 0) is 4.79 Å². The molecule has 0 N–H and O–H groups in total. The van der Waals surface area contributed by atoms with Crippen molar-refractivity contribution in [3.8, 4) is 5.75 Å². The van der Waals surface area contributed by atoms with E-state index >= 15 is 0 Å². The third-order valence-electron chi connectivity index (χ3n) is 7.39. The molecule has 0 atom stereocenters. The van der Waals surface area contributed by atoms with E-state index in [-0.39, 0.29) is 0 Å². The van der Waals surface area contributed by atoms with Crippen molar-refractivity contribution < 1.29 is 9.53 Å². The van der Waals surface area contributed by atoms with Crippen LogP contribution in [0.2, 0.25) is 0 Å². The number of ether oxygens (including phenoxy) is 1. The van der Waals surface area contributed by atoms with Gasteiger partial charge in [-0.2, -0.15) is 0 Å². The van der Waals surface area contributed by atoms with Crippen molar-refractivity contribution in [3.05, 3.63) is 46.2 Å². The first-order valence-electron chi connectivity index (χ1n) is 15.5. The fraction of sp³-hybridized carbons (Fsp3) is 0.686. The van der Waals surface area contributed by atoms with Crippen LogP contribution < -0.4 is 4.74 Å². The molecule has 0 saturated carbocycles. The van der Waals surface area contributed by atoms with Gasteiger partial charge in [0.1, 0.15) is 5.75 Å². The second kappa shape index (κ2) is 27.1.